The van der Waals surface area contributed by atoms with Crippen LogP contribution in [0.1, 0.15) is 35.3 Å². The number of Topliss-reactive ketones (excluding diaryl/α,β-unsaturated/α-hetero) is 1. The van der Waals surface area contributed by atoms with Gasteiger partial charge in [0.15, 0.2) is 17.3 Å². The number of benzene rings is 3. The summed E-state index contributed by atoms with van der Waals surface area (Å²) in [6.45, 7) is 3.78. The number of ketones is 1. The van der Waals surface area contributed by atoms with E-state index in [0.717, 1.165) is 11.7 Å². The van der Waals surface area contributed by atoms with Crippen LogP contribution in [-0.2, 0) is 11.2 Å². The van der Waals surface area contributed by atoms with E-state index in [0.29, 0.717) is 27.9 Å². The van der Waals surface area contributed by atoms with Crippen LogP contribution in [0.4, 0.5) is 4.39 Å². The number of carbonyl (C=O) groups excluding carboxylic acids is 1. The molecular formula is C27H23FN2O5S. The maximum Gasteiger partial charge on any atom is 0.336 e. The molecule has 4 rings (SSSR count). The Morgan fingerprint density at radius 1 is 0.972 bits per heavy atom. The summed E-state index contributed by atoms with van der Waals surface area (Å²) in [5.41, 5.74) is 1.98. The summed E-state index contributed by atoms with van der Waals surface area (Å²) in [6, 6.07) is 15.6. The van der Waals surface area contributed by atoms with E-state index < -0.39 is 17.6 Å². The Labute approximate surface area is 211 Å². The van der Waals surface area contributed by atoms with Crippen molar-refractivity contribution in [3.05, 3.63) is 88.7 Å². The lowest BCUT2D eigenvalue weighted by Gasteiger charge is -2.14. The molecule has 7 nitrogen and oxygen atoms in total. The van der Waals surface area contributed by atoms with Crippen molar-refractivity contribution >= 4 is 40.1 Å². The fraction of sp³-hybridized carbons (Fsp3) is 0.185. The molecule has 0 saturated carbocycles. The number of halogens is 1. The van der Waals surface area contributed by atoms with E-state index >= 15 is 0 Å². The maximum atomic E-state index is 14.4. The Morgan fingerprint density at radius 2 is 1.67 bits per heavy atom. The second kappa shape index (κ2) is 10.7. The van der Waals surface area contributed by atoms with Gasteiger partial charge < -0.3 is 14.6 Å². The molecule has 1 aromatic heterocycles. The lowest BCUT2D eigenvalue weighted by molar-refractivity contribution is -0.130. The van der Waals surface area contributed by atoms with Gasteiger partial charge in [0.2, 0.25) is 0 Å². The fourth-order valence-electron chi connectivity index (χ4n) is 3.80. The molecule has 0 saturated heterocycles. The standard InChI is InChI=1S/C27H23FN2O5S/c1-15(2)35-19-8-5-17(6-9-19)26(31)20(12-16-4-11-24(34-3)21(28)13-16)25(27(32)33)18-7-10-22-23(14-18)30-36-29-22/h4-11,13-15H,12H2,1-3H3,(H,32,33). The number of nitrogens with zero attached hydrogens (tertiary/aromatic N) is 2. The zero-order valence-electron chi connectivity index (χ0n) is 19.8. The summed E-state index contributed by atoms with van der Waals surface area (Å²) in [5.74, 6) is -1.74. The molecule has 1 N–H and O–H groups in total. The third-order valence-electron chi connectivity index (χ3n) is 5.42. The number of carboxylic acids is 1. The van der Waals surface area contributed by atoms with E-state index in [1.54, 1.807) is 48.5 Å². The van der Waals surface area contributed by atoms with E-state index in [4.69, 9.17) is 9.47 Å². The van der Waals surface area contributed by atoms with Crippen LogP contribution in [0.25, 0.3) is 16.6 Å². The van der Waals surface area contributed by atoms with Crippen LogP contribution in [0.2, 0.25) is 0 Å². The minimum absolute atomic E-state index is 0.00661. The van der Waals surface area contributed by atoms with Crippen LogP contribution in [0, 0.1) is 5.82 Å². The molecule has 3 aromatic carbocycles. The summed E-state index contributed by atoms with van der Waals surface area (Å²) in [6.07, 6.45) is -0.153. The highest BCUT2D eigenvalue weighted by Gasteiger charge is 2.25. The fourth-order valence-corrected chi connectivity index (χ4v) is 4.32. The second-order valence-corrected chi connectivity index (χ2v) is 8.82. The summed E-state index contributed by atoms with van der Waals surface area (Å²) >= 11 is 1.01. The molecule has 0 radical (unpaired) electrons. The molecular weight excluding hydrogens is 483 g/mol. The first-order valence-electron chi connectivity index (χ1n) is 11.1. The number of allylic oxidation sites excluding steroid dienone is 1. The monoisotopic (exact) mass is 506 g/mol. The van der Waals surface area contributed by atoms with Crippen molar-refractivity contribution in [2.75, 3.05) is 7.11 Å². The first-order chi connectivity index (χ1) is 17.3. The second-order valence-electron chi connectivity index (χ2n) is 8.29. The van der Waals surface area contributed by atoms with Crippen molar-refractivity contribution in [1.82, 2.24) is 8.75 Å². The molecule has 9 heteroatoms. The first-order valence-corrected chi connectivity index (χ1v) is 11.8. The number of aromatic nitrogens is 2. The van der Waals surface area contributed by atoms with Gasteiger partial charge in [-0.1, -0.05) is 12.1 Å². The van der Waals surface area contributed by atoms with Crippen molar-refractivity contribution in [2.24, 2.45) is 0 Å². The molecule has 0 aliphatic carbocycles. The smallest absolute Gasteiger partial charge is 0.336 e. The average Bonchev–Trinajstić information content (AvgIpc) is 3.31. The van der Waals surface area contributed by atoms with Gasteiger partial charge in [0, 0.05) is 17.6 Å². The normalized spacial score (nSPS) is 11.9. The Morgan fingerprint density at radius 3 is 2.31 bits per heavy atom. The van der Waals surface area contributed by atoms with Crippen LogP contribution in [0.5, 0.6) is 11.5 Å². The average molecular weight is 507 g/mol. The predicted molar refractivity (Wildman–Crippen MR) is 135 cm³/mol. The molecule has 0 aliphatic rings. The maximum absolute atomic E-state index is 14.4. The van der Waals surface area contributed by atoms with Crippen molar-refractivity contribution in [1.29, 1.82) is 0 Å². The molecule has 184 valence electrons. The lowest BCUT2D eigenvalue weighted by Crippen LogP contribution is -2.14. The Hall–Kier alpha value is -4.11. The third kappa shape index (κ3) is 5.41. The largest absolute Gasteiger partial charge is 0.494 e. The van der Waals surface area contributed by atoms with Crippen molar-refractivity contribution in [3.8, 4) is 11.5 Å². The van der Waals surface area contributed by atoms with Gasteiger partial charge in [-0.25, -0.2) is 9.18 Å². The Bertz CT molecular complexity index is 1460. The van der Waals surface area contributed by atoms with E-state index in [9.17, 15) is 19.1 Å². The van der Waals surface area contributed by atoms with Crippen molar-refractivity contribution in [2.45, 2.75) is 26.4 Å². The topological polar surface area (TPSA) is 98.6 Å². The van der Waals surface area contributed by atoms with Gasteiger partial charge >= 0.3 is 5.97 Å². The molecule has 0 bridgehead atoms. The molecule has 0 fully saturated rings. The van der Waals surface area contributed by atoms with Gasteiger partial charge in [0.25, 0.3) is 0 Å². The number of rotatable bonds is 9. The highest BCUT2D eigenvalue weighted by atomic mass is 32.1. The first kappa shape index (κ1) is 25.0. The van der Waals surface area contributed by atoms with Gasteiger partial charge in [-0.15, -0.1) is 0 Å². The summed E-state index contributed by atoms with van der Waals surface area (Å²) < 4.78 is 33.4. The van der Waals surface area contributed by atoms with Crippen molar-refractivity contribution in [3.63, 3.8) is 0 Å². The molecule has 36 heavy (non-hydrogen) atoms. The molecule has 1 heterocycles. The van der Waals surface area contributed by atoms with Gasteiger partial charge in [-0.05, 0) is 73.5 Å². The number of hydrogen-bond acceptors (Lipinski definition) is 7. The van der Waals surface area contributed by atoms with Gasteiger partial charge in [0.05, 0.1) is 30.5 Å². The SMILES string of the molecule is COc1ccc(CC(C(=O)c2ccc(OC(C)C)cc2)=C(C(=O)O)c2ccc3nsnc3c2)cc1F. The number of carboxylic acid groups (broad SMARTS) is 1. The van der Waals surface area contributed by atoms with Crippen LogP contribution in [-0.4, -0.2) is 38.8 Å². The van der Waals surface area contributed by atoms with Gasteiger partial charge in [0.1, 0.15) is 16.8 Å². The van der Waals surface area contributed by atoms with Crippen LogP contribution in [0.15, 0.2) is 66.2 Å². The third-order valence-corrected chi connectivity index (χ3v) is 5.97. The molecule has 4 aromatic rings. The Kier molecular flexibility index (Phi) is 7.40. The molecule has 0 atom stereocenters. The van der Waals surface area contributed by atoms with Crippen LogP contribution < -0.4 is 9.47 Å². The molecule has 0 unspecified atom stereocenters. The number of fused-ring (bicyclic) bond motifs is 1. The summed E-state index contributed by atoms with van der Waals surface area (Å²) in [4.78, 5) is 26.2. The molecule has 0 aliphatic heterocycles. The number of carbonyl (C=O) groups is 2. The quantitative estimate of drug-likeness (QED) is 0.233. The lowest BCUT2D eigenvalue weighted by atomic mass is 9.89. The summed E-state index contributed by atoms with van der Waals surface area (Å²) in [7, 11) is 1.35. The zero-order chi connectivity index (χ0) is 25.8. The van der Waals surface area contributed by atoms with Crippen LogP contribution in [0.3, 0.4) is 0 Å². The minimum Gasteiger partial charge on any atom is -0.494 e. The molecule has 0 spiro atoms. The predicted octanol–water partition coefficient (Wildman–Crippen LogP) is 5.59. The number of hydrogen-bond donors (Lipinski definition) is 1. The number of methoxy groups -OCH3 is 1. The van der Waals surface area contributed by atoms with E-state index in [2.05, 4.69) is 8.75 Å². The van der Waals surface area contributed by atoms with Gasteiger partial charge in [-0.3, -0.25) is 4.79 Å². The zero-order valence-corrected chi connectivity index (χ0v) is 20.6. The van der Waals surface area contributed by atoms with E-state index in [-0.39, 0.29) is 35.0 Å². The van der Waals surface area contributed by atoms with E-state index in [1.165, 1.54) is 19.2 Å². The Balaban J connectivity index is 1.85. The number of ether oxygens (including phenoxy) is 2. The molecule has 0 amide bonds. The minimum atomic E-state index is -1.28. The van der Waals surface area contributed by atoms with Gasteiger partial charge in [-0.2, -0.15) is 8.75 Å². The highest BCUT2D eigenvalue weighted by molar-refractivity contribution is 7.00. The number of aliphatic carboxylic acids is 1. The highest BCUT2D eigenvalue weighted by Crippen LogP contribution is 2.29. The summed E-state index contributed by atoms with van der Waals surface area (Å²) in [5, 5.41) is 10.2. The van der Waals surface area contributed by atoms with Crippen molar-refractivity contribution < 1.29 is 28.6 Å². The van der Waals surface area contributed by atoms with E-state index in [1.807, 2.05) is 13.8 Å². The van der Waals surface area contributed by atoms with Crippen LogP contribution >= 0.6 is 11.7 Å².